The minimum Gasteiger partial charge on any atom is -0.472 e. The Hall–Kier alpha value is -2.00. The minimum atomic E-state index is -0.719. The third kappa shape index (κ3) is 4.79. The Bertz CT molecular complexity index is 827. The van der Waals surface area contributed by atoms with Gasteiger partial charge in [-0.05, 0) is 49.0 Å². The first-order chi connectivity index (χ1) is 12.3. The SMILES string of the molecule is CNCCNc1nc(OCc2ccc(F)cc2F)c(Br)c(=O)n1C(C)C. The van der Waals surface area contributed by atoms with Crippen molar-refractivity contribution < 1.29 is 13.5 Å². The quantitative estimate of drug-likeness (QED) is 0.629. The van der Waals surface area contributed by atoms with Crippen molar-refractivity contribution >= 4 is 21.9 Å². The van der Waals surface area contributed by atoms with Gasteiger partial charge in [0.2, 0.25) is 11.8 Å². The summed E-state index contributed by atoms with van der Waals surface area (Å²) in [7, 11) is 1.82. The number of benzene rings is 1. The Morgan fingerprint density at radius 3 is 2.65 bits per heavy atom. The topological polar surface area (TPSA) is 68.2 Å². The molecule has 0 radical (unpaired) electrons. The molecule has 0 unspecified atom stereocenters. The van der Waals surface area contributed by atoms with E-state index in [4.69, 9.17) is 4.74 Å². The second-order valence-electron chi connectivity index (χ2n) is 5.88. The van der Waals surface area contributed by atoms with Crippen molar-refractivity contribution in [3.63, 3.8) is 0 Å². The number of halogens is 3. The van der Waals surface area contributed by atoms with Crippen molar-refractivity contribution in [1.29, 1.82) is 0 Å². The number of nitrogens with one attached hydrogen (secondary N) is 2. The van der Waals surface area contributed by atoms with Crippen molar-refractivity contribution in [3.05, 3.63) is 50.2 Å². The van der Waals surface area contributed by atoms with Crippen LogP contribution in [0.3, 0.4) is 0 Å². The van der Waals surface area contributed by atoms with Gasteiger partial charge in [0.15, 0.2) is 0 Å². The normalized spacial score (nSPS) is 11.0. The van der Waals surface area contributed by atoms with Crippen LogP contribution in [0.25, 0.3) is 0 Å². The van der Waals surface area contributed by atoms with Gasteiger partial charge in [-0.3, -0.25) is 9.36 Å². The van der Waals surface area contributed by atoms with Gasteiger partial charge >= 0.3 is 0 Å². The lowest BCUT2D eigenvalue weighted by atomic mass is 10.2. The minimum absolute atomic E-state index is 0.0441. The molecule has 0 aliphatic rings. The van der Waals surface area contributed by atoms with Gasteiger partial charge in [0.25, 0.3) is 5.56 Å². The molecule has 1 aromatic heterocycles. The summed E-state index contributed by atoms with van der Waals surface area (Å²) < 4.78 is 33.9. The summed E-state index contributed by atoms with van der Waals surface area (Å²) in [6.45, 7) is 4.80. The molecule has 142 valence electrons. The zero-order chi connectivity index (χ0) is 19.3. The van der Waals surface area contributed by atoms with Crippen LogP contribution in [0, 0.1) is 11.6 Å². The molecule has 0 atom stereocenters. The zero-order valence-corrected chi connectivity index (χ0v) is 16.4. The van der Waals surface area contributed by atoms with Gasteiger partial charge in [-0.25, -0.2) is 8.78 Å². The maximum absolute atomic E-state index is 13.8. The van der Waals surface area contributed by atoms with Crippen LogP contribution >= 0.6 is 15.9 Å². The molecule has 0 spiro atoms. The molecule has 0 aliphatic heterocycles. The maximum Gasteiger partial charge on any atom is 0.273 e. The van der Waals surface area contributed by atoms with Crippen molar-refractivity contribution in [2.24, 2.45) is 0 Å². The fourth-order valence-electron chi connectivity index (χ4n) is 2.28. The van der Waals surface area contributed by atoms with E-state index in [9.17, 15) is 13.6 Å². The van der Waals surface area contributed by atoms with E-state index in [2.05, 4.69) is 31.5 Å². The molecule has 2 rings (SSSR count). The number of rotatable bonds is 8. The van der Waals surface area contributed by atoms with E-state index in [1.807, 2.05) is 20.9 Å². The van der Waals surface area contributed by atoms with E-state index in [1.165, 1.54) is 10.6 Å². The standard InChI is InChI=1S/C17H21BrF2N4O2/c1-10(2)24-16(25)14(18)15(23-17(24)22-7-6-21-3)26-9-11-4-5-12(19)8-13(11)20/h4-5,8,10,21H,6-7,9H2,1-3H3,(H,22,23). The average Bonchev–Trinajstić information content (AvgIpc) is 2.57. The third-order valence-corrected chi connectivity index (χ3v) is 4.26. The van der Waals surface area contributed by atoms with Crippen LogP contribution in [0.4, 0.5) is 14.7 Å². The van der Waals surface area contributed by atoms with E-state index in [-0.39, 0.29) is 34.1 Å². The van der Waals surface area contributed by atoms with Gasteiger partial charge in [0.05, 0.1) is 0 Å². The number of aromatic nitrogens is 2. The summed E-state index contributed by atoms with van der Waals surface area (Å²) in [5.74, 6) is -0.981. The van der Waals surface area contributed by atoms with Crippen LogP contribution in [0.15, 0.2) is 27.5 Å². The monoisotopic (exact) mass is 430 g/mol. The molecule has 1 heterocycles. The highest BCUT2D eigenvalue weighted by molar-refractivity contribution is 9.10. The number of ether oxygens (including phenoxy) is 1. The lowest BCUT2D eigenvalue weighted by Crippen LogP contribution is -2.29. The molecule has 0 amide bonds. The summed E-state index contributed by atoms with van der Waals surface area (Å²) in [4.78, 5) is 17.0. The Labute approximate surface area is 158 Å². The second-order valence-corrected chi connectivity index (χ2v) is 6.67. The summed E-state index contributed by atoms with van der Waals surface area (Å²) in [6.07, 6.45) is 0. The molecule has 6 nitrogen and oxygen atoms in total. The molecular formula is C17H21BrF2N4O2. The van der Waals surface area contributed by atoms with Crippen molar-refractivity contribution in [1.82, 2.24) is 14.9 Å². The zero-order valence-electron chi connectivity index (χ0n) is 14.8. The largest absolute Gasteiger partial charge is 0.472 e. The number of hydrogen-bond acceptors (Lipinski definition) is 5. The van der Waals surface area contributed by atoms with Gasteiger partial charge in [-0.15, -0.1) is 0 Å². The van der Waals surface area contributed by atoms with Crippen LogP contribution in [-0.4, -0.2) is 29.7 Å². The highest BCUT2D eigenvalue weighted by Crippen LogP contribution is 2.24. The molecule has 2 N–H and O–H groups in total. The van der Waals surface area contributed by atoms with Gasteiger partial charge in [-0.2, -0.15) is 4.98 Å². The van der Waals surface area contributed by atoms with Gasteiger partial charge in [0, 0.05) is 30.8 Å². The summed E-state index contributed by atoms with van der Waals surface area (Å²) in [5.41, 5.74) is -0.144. The lowest BCUT2D eigenvalue weighted by molar-refractivity contribution is 0.283. The van der Waals surface area contributed by atoms with Crippen LogP contribution in [0.1, 0.15) is 25.5 Å². The maximum atomic E-state index is 13.8. The molecule has 0 bridgehead atoms. The molecule has 0 saturated heterocycles. The summed E-state index contributed by atoms with van der Waals surface area (Å²) in [6, 6.07) is 3.10. The number of likely N-dealkylation sites (N-methyl/N-ethyl adjacent to an activating group) is 1. The Morgan fingerprint density at radius 2 is 2.04 bits per heavy atom. The molecule has 1 aromatic carbocycles. The van der Waals surface area contributed by atoms with E-state index < -0.39 is 11.6 Å². The Morgan fingerprint density at radius 1 is 1.31 bits per heavy atom. The average molecular weight is 431 g/mol. The highest BCUT2D eigenvalue weighted by atomic mass is 79.9. The van der Waals surface area contributed by atoms with Gasteiger partial charge in [0.1, 0.15) is 22.7 Å². The highest BCUT2D eigenvalue weighted by Gasteiger charge is 2.18. The van der Waals surface area contributed by atoms with Gasteiger partial charge < -0.3 is 15.4 Å². The van der Waals surface area contributed by atoms with E-state index >= 15 is 0 Å². The van der Waals surface area contributed by atoms with Crippen LogP contribution < -0.4 is 20.9 Å². The van der Waals surface area contributed by atoms with E-state index in [0.717, 1.165) is 12.1 Å². The van der Waals surface area contributed by atoms with Crippen LogP contribution in [-0.2, 0) is 6.61 Å². The molecule has 0 fully saturated rings. The molecule has 0 aliphatic carbocycles. The van der Waals surface area contributed by atoms with E-state index in [1.54, 1.807) is 0 Å². The number of anilines is 1. The predicted molar refractivity (Wildman–Crippen MR) is 99.7 cm³/mol. The fourth-order valence-corrected chi connectivity index (χ4v) is 2.67. The molecular weight excluding hydrogens is 410 g/mol. The summed E-state index contributed by atoms with van der Waals surface area (Å²) >= 11 is 3.20. The van der Waals surface area contributed by atoms with Crippen molar-refractivity contribution in [2.75, 3.05) is 25.5 Å². The molecule has 9 heteroatoms. The van der Waals surface area contributed by atoms with Crippen LogP contribution in [0.2, 0.25) is 0 Å². The summed E-state index contributed by atoms with van der Waals surface area (Å²) in [5, 5.41) is 6.08. The lowest BCUT2D eigenvalue weighted by Gasteiger charge is -2.19. The van der Waals surface area contributed by atoms with Crippen molar-refractivity contribution in [3.8, 4) is 5.88 Å². The smallest absolute Gasteiger partial charge is 0.273 e. The Balaban J connectivity index is 2.31. The number of nitrogens with zero attached hydrogens (tertiary/aromatic N) is 2. The number of hydrogen-bond donors (Lipinski definition) is 2. The first-order valence-electron chi connectivity index (χ1n) is 8.12. The molecule has 26 heavy (non-hydrogen) atoms. The van der Waals surface area contributed by atoms with E-state index in [0.29, 0.717) is 19.0 Å². The second kappa shape index (κ2) is 9.09. The van der Waals surface area contributed by atoms with Crippen LogP contribution in [0.5, 0.6) is 5.88 Å². The van der Waals surface area contributed by atoms with Gasteiger partial charge in [-0.1, -0.05) is 0 Å². The molecule has 0 saturated carbocycles. The third-order valence-electron chi connectivity index (χ3n) is 3.58. The first-order valence-corrected chi connectivity index (χ1v) is 8.91. The fraction of sp³-hybridized carbons (Fsp3) is 0.412. The predicted octanol–water partition coefficient (Wildman–Crippen LogP) is 3.08. The molecule has 2 aromatic rings. The Kier molecular flexibility index (Phi) is 7.10. The van der Waals surface area contributed by atoms with Crippen molar-refractivity contribution in [2.45, 2.75) is 26.5 Å². The first kappa shape index (κ1) is 20.3.